The zero-order valence-corrected chi connectivity index (χ0v) is 19.9. The first-order chi connectivity index (χ1) is 14.6. The van der Waals surface area contributed by atoms with Crippen molar-refractivity contribution >= 4 is 49.1 Å². The minimum atomic E-state index is -3.06. The summed E-state index contributed by atoms with van der Waals surface area (Å²) in [4.78, 5) is 32.3. The fourth-order valence-electron chi connectivity index (χ4n) is 3.68. The van der Waals surface area contributed by atoms with E-state index in [0.717, 1.165) is 16.0 Å². The highest BCUT2D eigenvalue weighted by Gasteiger charge is 2.29. The SMILES string of the molecule is Cc1cccc(-n2c(SCC(=O)N[C@@H]3CCS(=O)(=O)C3)nc3sc(C)c(C)c3c2=O)c1. The number of carbonyl (C=O) groups is 1. The van der Waals surface area contributed by atoms with E-state index in [1.54, 1.807) is 4.57 Å². The van der Waals surface area contributed by atoms with Crippen LogP contribution in [0.25, 0.3) is 15.9 Å². The van der Waals surface area contributed by atoms with Crippen molar-refractivity contribution in [3.8, 4) is 5.69 Å². The predicted octanol–water partition coefficient (Wildman–Crippen LogP) is 2.77. The average Bonchev–Trinajstić information content (AvgIpc) is 3.18. The molecule has 0 bridgehead atoms. The largest absolute Gasteiger partial charge is 0.352 e. The number of aromatic nitrogens is 2. The number of nitrogens with zero attached hydrogens (tertiary/aromatic N) is 2. The molecule has 31 heavy (non-hydrogen) atoms. The number of thioether (sulfide) groups is 1. The first-order valence-corrected chi connectivity index (χ1v) is 13.5. The van der Waals surface area contributed by atoms with E-state index in [1.807, 2.05) is 45.0 Å². The number of sulfone groups is 1. The van der Waals surface area contributed by atoms with Crippen molar-refractivity contribution < 1.29 is 13.2 Å². The van der Waals surface area contributed by atoms with Gasteiger partial charge in [0.05, 0.1) is 28.3 Å². The van der Waals surface area contributed by atoms with E-state index in [9.17, 15) is 18.0 Å². The van der Waals surface area contributed by atoms with Gasteiger partial charge in [-0.25, -0.2) is 13.4 Å². The topological polar surface area (TPSA) is 98.1 Å². The van der Waals surface area contributed by atoms with Crippen LogP contribution in [0.5, 0.6) is 0 Å². The molecule has 1 fully saturated rings. The van der Waals surface area contributed by atoms with Gasteiger partial charge in [0.1, 0.15) is 4.83 Å². The lowest BCUT2D eigenvalue weighted by molar-refractivity contribution is -0.119. The Morgan fingerprint density at radius 3 is 2.77 bits per heavy atom. The second-order valence-corrected chi connectivity index (χ2v) is 12.2. The molecule has 1 atom stereocenters. The highest BCUT2D eigenvalue weighted by atomic mass is 32.2. The van der Waals surface area contributed by atoms with Gasteiger partial charge >= 0.3 is 0 Å². The summed E-state index contributed by atoms with van der Waals surface area (Å²) in [7, 11) is -3.06. The van der Waals surface area contributed by atoms with Gasteiger partial charge in [-0.15, -0.1) is 11.3 Å². The number of hydrogen-bond donors (Lipinski definition) is 1. The molecule has 164 valence electrons. The van der Waals surface area contributed by atoms with Crippen molar-refractivity contribution in [2.24, 2.45) is 0 Å². The Balaban J connectivity index is 1.67. The van der Waals surface area contributed by atoms with Gasteiger partial charge in [0.15, 0.2) is 15.0 Å². The molecule has 3 aromatic rings. The number of fused-ring (bicyclic) bond motifs is 1. The van der Waals surface area contributed by atoms with Crippen LogP contribution in [0.4, 0.5) is 0 Å². The number of aryl methyl sites for hydroxylation is 3. The Morgan fingerprint density at radius 2 is 2.10 bits per heavy atom. The molecule has 0 radical (unpaired) electrons. The highest BCUT2D eigenvalue weighted by Crippen LogP contribution is 2.29. The van der Waals surface area contributed by atoms with Crippen LogP contribution in [-0.2, 0) is 14.6 Å². The van der Waals surface area contributed by atoms with Gasteiger partial charge in [0.25, 0.3) is 5.56 Å². The normalized spacial score (nSPS) is 17.8. The van der Waals surface area contributed by atoms with Crippen molar-refractivity contribution in [2.45, 2.75) is 38.4 Å². The van der Waals surface area contributed by atoms with Crippen molar-refractivity contribution in [1.82, 2.24) is 14.9 Å². The third-order valence-electron chi connectivity index (χ3n) is 5.36. The molecule has 10 heteroatoms. The summed E-state index contributed by atoms with van der Waals surface area (Å²) < 4.78 is 24.8. The molecule has 2 aromatic heterocycles. The Morgan fingerprint density at radius 1 is 1.32 bits per heavy atom. The molecule has 1 aliphatic heterocycles. The summed E-state index contributed by atoms with van der Waals surface area (Å²) in [6.45, 7) is 5.85. The summed E-state index contributed by atoms with van der Waals surface area (Å²) >= 11 is 2.65. The molecular weight excluding hydrogens is 454 g/mol. The van der Waals surface area contributed by atoms with Crippen LogP contribution >= 0.6 is 23.1 Å². The van der Waals surface area contributed by atoms with Gasteiger partial charge < -0.3 is 5.32 Å². The lowest BCUT2D eigenvalue weighted by atomic mass is 10.2. The Bertz CT molecular complexity index is 1340. The Labute approximate surface area is 188 Å². The number of benzene rings is 1. The second-order valence-electron chi connectivity index (χ2n) is 7.79. The molecule has 3 heterocycles. The molecule has 1 aliphatic rings. The smallest absolute Gasteiger partial charge is 0.267 e. The minimum Gasteiger partial charge on any atom is -0.352 e. The molecule has 4 rings (SSSR count). The number of rotatable bonds is 5. The maximum atomic E-state index is 13.4. The van der Waals surface area contributed by atoms with Crippen LogP contribution in [0.3, 0.4) is 0 Å². The van der Waals surface area contributed by atoms with E-state index in [0.29, 0.717) is 27.5 Å². The highest BCUT2D eigenvalue weighted by molar-refractivity contribution is 7.99. The third-order valence-corrected chi connectivity index (χ3v) is 9.17. The Hall–Kier alpha value is -2.17. The molecule has 1 saturated heterocycles. The maximum Gasteiger partial charge on any atom is 0.267 e. The quantitative estimate of drug-likeness (QED) is 0.448. The zero-order chi connectivity index (χ0) is 22.3. The minimum absolute atomic E-state index is 0.0185. The van der Waals surface area contributed by atoms with Crippen LogP contribution in [-0.4, -0.2) is 47.2 Å². The van der Waals surface area contributed by atoms with E-state index in [4.69, 9.17) is 4.98 Å². The van der Waals surface area contributed by atoms with Crippen molar-refractivity contribution in [2.75, 3.05) is 17.3 Å². The Kier molecular flexibility index (Phi) is 5.97. The van der Waals surface area contributed by atoms with Gasteiger partial charge in [-0.1, -0.05) is 23.9 Å². The molecule has 7 nitrogen and oxygen atoms in total. The summed E-state index contributed by atoms with van der Waals surface area (Å²) in [5.41, 5.74) is 2.49. The lowest BCUT2D eigenvalue weighted by Gasteiger charge is -2.14. The van der Waals surface area contributed by atoms with Crippen LogP contribution in [0.15, 0.2) is 34.2 Å². The third kappa shape index (κ3) is 4.56. The molecule has 0 spiro atoms. The molecule has 0 aliphatic carbocycles. The van der Waals surface area contributed by atoms with Gasteiger partial charge in [-0.3, -0.25) is 14.2 Å². The monoisotopic (exact) mass is 477 g/mol. The van der Waals surface area contributed by atoms with E-state index in [-0.39, 0.29) is 34.8 Å². The van der Waals surface area contributed by atoms with Crippen molar-refractivity contribution in [3.63, 3.8) is 0 Å². The van der Waals surface area contributed by atoms with Crippen LogP contribution in [0, 0.1) is 20.8 Å². The van der Waals surface area contributed by atoms with Gasteiger partial charge in [-0.05, 0) is 50.5 Å². The van der Waals surface area contributed by atoms with E-state index in [1.165, 1.54) is 23.1 Å². The van der Waals surface area contributed by atoms with Crippen molar-refractivity contribution in [1.29, 1.82) is 0 Å². The van der Waals surface area contributed by atoms with E-state index >= 15 is 0 Å². The molecule has 1 amide bonds. The number of carbonyl (C=O) groups excluding carboxylic acids is 1. The summed E-state index contributed by atoms with van der Waals surface area (Å²) in [5, 5.41) is 3.84. The van der Waals surface area contributed by atoms with Crippen LogP contribution in [0.1, 0.15) is 22.4 Å². The number of nitrogens with one attached hydrogen (secondary N) is 1. The number of thiophene rings is 1. The van der Waals surface area contributed by atoms with Crippen LogP contribution < -0.4 is 10.9 Å². The van der Waals surface area contributed by atoms with Gasteiger partial charge in [0, 0.05) is 10.9 Å². The van der Waals surface area contributed by atoms with E-state index < -0.39 is 9.84 Å². The van der Waals surface area contributed by atoms with Crippen molar-refractivity contribution in [3.05, 3.63) is 50.6 Å². The standard InChI is InChI=1S/C21H23N3O4S3/c1-12-5-4-6-16(9-12)24-20(26)18-13(2)14(3)30-19(18)23-21(24)29-10-17(25)22-15-7-8-31(27,28)11-15/h4-6,9,15H,7-8,10-11H2,1-3H3,(H,22,25)/t15-/m1/s1. The zero-order valence-electron chi connectivity index (χ0n) is 17.5. The number of hydrogen-bond acceptors (Lipinski definition) is 7. The fraction of sp³-hybridized carbons (Fsp3) is 0.381. The predicted molar refractivity (Wildman–Crippen MR) is 125 cm³/mol. The maximum absolute atomic E-state index is 13.4. The average molecular weight is 478 g/mol. The first-order valence-electron chi connectivity index (χ1n) is 9.87. The summed E-state index contributed by atoms with van der Waals surface area (Å²) in [5.74, 6) is -0.137. The molecule has 1 aromatic carbocycles. The number of amides is 1. The van der Waals surface area contributed by atoms with Gasteiger partial charge in [0.2, 0.25) is 5.91 Å². The first kappa shape index (κ1) is 22.0. The van der Waals surface area contributed by atoms with Crippen LogP contribution in [0.2, 0.25) is 0 Å². The van der Waals surface area contributed by atoms with Gasteiger partial charge in [-0.2, -0.15) is 0 Å². The summed E-state index contributed by atoms with van der Waals surface area (Å²) in [6.07, 6.45) is 0.435. The molecule has 0 saturated carbocycles. The molecule has 0 unspecified atom stereocenters. The molecule has 1 N–H and O–H groups in total. The fourth-order valence-corrected chi connectivity index (χ4v) is 7.24. The van der Waals surface area contributed by atoms with E-state index in [2.05, 4.69) is 5.32 Å². The second kappa shape index (κ2) is 8.40. The lowest BCUT2D eigenvalue weighted by Crippen LogP contribution is -2.36. The molecular formula is C21H23N3O4S3. The summed E-state index contributed by atoms with van der Waals surface area (Å²) in [6, 6.07) is 7.25.